The minimum Gasteiger partial charge on any atom is -0.345 e. The summed E-state index contributed by atoms with van der Waals surface area (Å²) in [6, 6.07) is 0.604. The molecule has 1 aliphatic rings. The van der Waals surface area contributed by atoms with Crippen molar-refractivity contribution in [1.29, 1.82) is 0 Å². The summed E-state index contributed by atoms with van der Waals surface area (Å²) < 4.78 is 0. The average molecular weight is 294 g/mol. The summed E-state index contributed by atoms with van der Waals surface area (Å²) in [4.78, 5) is 19.3. The van der Waals surface area contributed by atoms with Crippen molar-refractivity contribution < 1.29 is 4.79 Å². The molecule has 1 fully saturated rings. The molecule has 0 spiro atoms. The molecule has 0 atom stereocenters. The van der Waals surface area contributed by atoms with E-state index in [0.29, 0.717) is 6.04 Å². The van der Waals surface area contributed by atoms with Crippen LogP contribution in [0.5, 0.6) is 0 Å². The van der Waals surface area contributed by atoms with Crippen molar-refractivity contribution >= 4 is 22.8 Å². The number of rotatable bonds is 4. The van der Waals surface area contributed by atoms with Crippen LogP contribution in [-0.2, 0) is 5.41 Å². The Morgan fingerprint density at radius 2 is 1.95 bits per heavy atom. The first kappa shape index (κ1) is 15.5. The molecular weight excluding hydrogens is 268 g/mol. The zero-order valence-electron chi connectivity index (χ0n) is 13.1. The lowest BCUT2D eigenvalue weighted by Gasteiger charge is -2.33. The highest BCUT2D eigenvalue weighted by molar-refractivity contribution is 7.17. The third kappa shape index (κ3) is 3.22. The quantitative estimate of drug-likeness (QED) is 0.771. The average Bonchev–Trinajstić information content (AvgIpc) is 2.85. The molecule has 0 radical (unpaired) electrons. The fourth-order valence-electron chi connectivity index (χ4n) is 3.00. The van der Waals surface area contributed by atoms with Gasteiger partial charge in [-0.1, -0.05) is 51.4 Å². The molecule has 0 aliphatic heterocycles. The molecule has 0 amide bonds. The maximum atomic E-state index is 11.3. The summed E-state index contributed by atoms with van der Waals surface area (Å²) in [5.41, 5.74) is 0.874. The highest BCUT2D eigenvalue weighted by Crippen LogP contribution is 2.35. The normalized spacial score (nSPS) is 17.2. The number of nitrogens with zero attached hydrogens (tertiary/aromatic N) is 2. The van der Waals surface area contributed by atoms with Crippen molar-refractivity contribution in [1.82, 2.24) is 4.98 Å². The molecule has 1 aromatic heterocycles. The molecule has 3 nitrogen and oxygen atoms in total. The van der Waals surface area contributed by atoms with Crippen LogP contribution < -0.4 is 4.90 Å². The summed E-state index contributed by atoms with van der Waals surface area (Å²) in [6.07, 6.45) is 7.48. The molecule has 1 aromatic rings. The predicted molar refractivity (Wildman–Crippen MR) is 86.1 cm³/mol. The highest BCUT2D eigenvalue weighted by Gasteiger charge is 2.27. The van der Waals surface area contributed by atoms with Gasteiger partial charge in [-0.25, -0.2) is 4.98 Å². The lowest BCUT2D eigenvalue weighted by Crippen LogP contribution is -2.36. The molecule has 112 valence electrons. The Kier molecular flexibility index (Phi) is 4.84. The number of carbonyl (C=O) groups is 1. The van der Waals surface area contributed by atoms with Crippen molar-refractivity contribution in [3.05, 3.63) is 10.6 Å². The van der Waals surface area contributed by atoms with Crippen LogP contribution in [0.1, 0.15) is 75.2 Å². The van der Waals surface area contributed by atoms with Gasteiger partial charge in [0.2, 0.25) is 0 Å². The molecule has 0 saturated heterocycles. The van der Waals surface area contributed by atoms with Gasteiger partial charge in [0.05, 0.1) is 10.6 Å². The van der Waals surface area contributed by atoms with Gasteiger partial charge >= 0.3 is 0 Å². The fourth-order valence-corrected chi connectivity index (χ4v) is 4.23. The van der Waals surface area contributed by atoms with Crippen LogP contribution in [0.4, 0.5) is 5.13 Å². The van der Waals surface area contributed by atoms with E-state index in [9.17, 15) is 4.79 Å². The van der Waals surface area contributed by atoms with Crippen LogP contribution in [0.3, 0.4) is 0 Å². The Morgan fingerprint density at radius 3 is 2.40 bits per heavy atom. The van der Waals surface area contributed by atoms with E-state index in [1.807, 2.05) is 0 Å². The van der Waals surface area contributed by atoms with Crippen LogP contribution in [0.15, 0.2) is 0 Å². The first-order valence-electron chi connectivity index (χ1n) is 7.70. The summed E-state index contributed by atoms with van der Waals surface area (Å²) in [7, 11) is 0. The molecule has 2 rings (SSSR count). The van der Waals surface area contributed by atoms with Gasteiger partial charge in [0.25, 0.3) is 0 Å². The maximum Gasteiger partial charge on any atom is 0.186 e. The van der Waals surface area contributed by atoms with E-state index < -0.39 is 0 Å². The maximum absolute atomic E-state index is 11.3. The predicted octanol–water partition coefficient (Wildman–Crippen LogP) is 4.41. The van der Waals surface area contributed by atoms with Gasteiger partial charge in [-0.05, 0) is 19.8 Å². The molecular formula is C16H26N2OS. The smallest absolute Gasteiger partial charge is 0.186 e. The summed E-state index contributed by atoms with van der Waals surface area (Å²) in [5, 5.41) is 1.03. The third-order valence-electron chi connectivity index (χ3n) is 4.06. The largest absolute Gasteiger partial charge is 0.345 e. The van der Waals surface area contributed by atoms with Crippen LogP contribution in [-0.4, -0.2) is 23.9 Å². The van der Waals surface area contributed by atoms with E-state index in [2.05, 4.69) is 32.6 Å². The third-order valence-corrected chi connectivity index (χ3v) is 5.08. The molecule has 20 heavy (non-hydrogen) atoms. The highest BCUT2D eigenvalue weighted by atomic mass is 32.1. The Bertz CT molecular complexity index is 456. The summed E-state index contributed by atoms with van der Waals surface area (Å²) in [6.45, 7) is 9.52. The second-order valence-electron chi connectivity index (χ2n) is 6.65. The second kappa shape index (κ2) is 6.25. The van der Waals surface area contributed by atoms with Gasteiger partial charge in [0.15, 0.2) is 11.4 Å². The topological polar surface area (TPSA) is 33.2 Å². The van der Waals surface area contributed by atoms with Gasteiger partial charge in [-0.2, -0.15) is 0 Å². The first-order chi connectivity index (χ1) is 9.47. The van der Waals surface area contributed by atoms with Crippen LogP contribution in [0.2, 0.25) is 0 Å². The monoisotopic (exact) mass is 294 g/mol. The Labute approximate surface area is 126 Å². The van der Waals surface area contributed by atoms with Gasteiger partial charge in [0.1, 0.15) is 0 Å². The van der Waals surface area contributed by atoms with E-state index in [0.717, 1.165) is 28.5 Å². The van der Waals surface area contributed by atoms with Crippen molar-refractivity contribution in [3.63, 3.8) is 0 Å². The summed E-state index contributed by atoms with van der Waals surface area (Å²) in [5.74, 6) is 0. The summed E-state index contributed by atoms with van der Waals surface area (Å²) >= 11 is 1.56. The number of hydrogen-bond donors (Lipinski definition) is 0. The van der Waals surface area contributed by atoms with E-state index in [1.165, 1.54) is 32.1 Å². The fraction of sp³-hybridized carbons (Fsp3) is 0.750. The van der Waals surface area contributed by atoms with E-state index in [4.69, 9.17) is 4.98 Å². The van der Waals surface area contributed by atoms with E-state index in [1.54, 1.807) is 11.3 Å². The molecule has 0 bridgehead atoms. The number of aromatic nitrogens is 1. The van der Waals surface area contributed by atoms with Crippen LogP contribution >= 0.6 is 11.3 Å². The van der Waals surface area contributed by atoms with Gasteiger partial charge in [-0.3, -0.25) is 4.79 Å². The minimum atomic E-state index is -0.0725. The first-order valence-corrected chi connectivity index (χ1v) is 8.52. The second-order valence-corrected chi connectivity index (χ2v) is 7.66. The lowest BCUT2D eigenvalue weighted by molar-refractivity contribution is 0.112. The molecule has 0 N–H and O–H groups in total. The molecule has 0 unspecified atom stereocenters. The number of carbonyl (C=O) groups excluding carboxylic acids is 1. The number of aldehydes is 1. The molecule has 1 heterocycles. The van der Waals surface area contributed by atoms with E-state index in [-0.39, 0.29) is 5.41 Å². The Balaban J connectivity index is 2.30. The van der Waals surface area contributed by atoms with Crippen LogP contribution in [0, 0.1) is 0 Å². The number of anilines is 1. The van der Waals surface area contributed by atoms with Crippen molar-refractivity contribution in [2.45, 2.75) is 71.3 Å². The molecule has 1 saturated carbocycles. The zero-order chi connectivity index (χ0) is 14.8. The van der Waals surface area contributed by atoms with Crippen molar-refractivity contribution in [2.75, 3.05) is 11.4 Å². The molecule has 4 heteroatoms. The van der Waals surface area contributed by atoms with Gasteiger partial charge in [0, 0.05) is 18.0 Å². The van der Waals surface area contributed by atoms with Gasteiger partial charge in [-0.15, -0.1) is 0 Å². The van der Waals surface area contributed by atoms with E-state index >= 15 is 0 Å². The van der Waals surface area contributed by atoms with Crippen molar-refractivity contribution in [3.8, 4) is 0 Å². The Hall–Kier alpha value is -0.900. The molecule has 1 aliphatic carbocycles. The Morgan fingerprint density at radius 1 is 1.30 bits per heavy atom. The number of hydrogen-bond acceptors (Lipinski definition) is 4. The minimum absolute atomic E-state index is 0.0725. The lowest BCUT2D eigenvalue weighted by atomic mass is 9.91. The molecule has 0 aromatic carbocycles. The zero-order valence-corrected chi connectivity index (χ0v) is 13.9. The van der Waals surface area contributed by atoms with Crippen LogP contribution in [0.25, 0.3) is 0 Å². The van der Waals surface area contributed by atoms with Crippen molar-refractivity contribution in [2.24, 2.45) is 0 Å². The standard InChI is InChI=1S/C16H26N2OS/c1-5-18(12-9-7-6-8-10-12)15-17-14(16(2,3)4)13(11-19)20-15/h11-12H,5-10H2,1-4H3. The van der Waals surface area contributed by atoms with Gasteiger partial charge < -0.3 is 4.90 Å². The number of thiazole rings is 1. The SMILES string of the molecule is CCN(c1nc(C(C)(C)C)c(C=O)s1)C1CCCCC1.